The third-order valence-electron chi connectivity index (χ3n) is 8.09. The normalized spacial score (nSPS) is 14.4. The summed E-state index contributed by atoms with van der Waals surface area (Å²) in [6.45, 7) is 3.50. The first-order valence-electron chi connectivity index (χ1n) is 15.5. The first kappa shape index (κ1) is 35.9. The van der Waals surface area contributed by atoms with Crippen molar-refractivity contribution in [3.05, 3.63) is 82.3 Å². The summed E-state index contributed by atoms with van der Waals surface area (Å²) >= 11 is 14.6. The molecule has 1 aliphatic rings. The van der Waals surface area contributed by atoms with Crippen LogP contribution in [-0.4, -0.2) is 56.6 Å². The van der Waals surface area contributed by atoms with E-state index in [1.807, 2.05) is 20.1 Å². The standard InChI is InChI=1S/C34H41Cl2N3O5S2/c1-4-32(34(41)37-24-10-7-6-8-11-24)38(22-29-30(35)12-9-13-31(29)36)33(40)23-39(25-14-16-26(17-15-25)44-5-2)46(42,43)28-20-18-27(45-3)19-21-28/h9,12-21,24,32H,4-8,10-11,22-23H2,1-3H3,(H,37,41). The molecule has 46 heavy (non-hydrogen) atoms. The molecule has 1 saturated carbocycles. The van der Waals surface area contributed by atoms with Gasteiger partial charge in [-0.3, -0.25) is 13.9 Å². The van der Waals surface area contributed by atoms with Crippen LogP contribution in [-0.2, 0) is 26.2 Å². The molecule has 1 fully saturated rings. The van der Waals surface area contributed by atoms with E-state index in [-0.39, 0.29) is 29.1 Å². The zero-order chi connectivity index (χ0) is 33.3. The average Bonchev–Trinajstić information content (AvgIpc) is 3.05. The molecule has 1 atom stereocenters. The quantitative estimate of drug-likeness (QED) is 0.174. The Morgan fingerprint density at radius 1 is 0.957 bits per heavy atom. The van der Waals surface area contributed by atoms with E-state index in [4.69, 9.17) is 27.9 Å². The molecule has 0 aromatic heterocycles. The Labute approximate surface area is 286 Å². The minimum absolute atomic E-state index is 0.0288. The Balaban J connectivity index is 1.74. The van der Waals surface area contributed by atoms with Crippen molar-refractivity contribution in [2.24, 2.45) is 0 Å². The zero-order valence-corrected chi connectivity index (χ0v) is 29.5. The van der Waals surface area contributed by atoms with Crippen molar-refractivity contribution in [3.8, 4) is 5.75 Å². The van der Waals surface area contributed by atoms with E-state index in [1.165, 1.54) is 28.8 Å². The molecule has 2 amide bonds. The molecule has 3 aromatic carbocycles. The molecule has 0 heterocycles. The highest BCUT2D eigenvalue weighted by atomic mass is 35.5. The number of hydrogen-bond donors (Lipinski definition) is 1. The second-order valence-corrected chi connectivity index (χ2v) is 14.7. The van der Waals surface area contributed by atoms with Gasteiger partial charge in [-0.15, -0.1) is 11.8 Å². The molecule has 0 bridgehead atoms. The number of carbonyl (C=O) groups excluding carboxylic acids is 2. The summed E-state index contributed by atoms with van der Waals surface area (Å²) in [7, 11) is -4.21. The molecule has 12 heteroatoms. The highest BCUT2D eigenvalue weighted by Gasteiger charge is 2.35. The van der Waals surface area contributed by atoms with Crippen LogP contribution >= 0.6 is 35.0 Å². The van der Waals surface area contributed by atoms with Gasteiger partial charge in [-0.05, 0) is 93.1 Å². The van der Waals surface area contributed by atoms with E-state index in [0.717, 1.165) is 41.3 Å². The van der Waals surface area contributed by atoms with Crippen LogP contribution in [0.4, 0.5) is 5.69 Å². The van der Waals surface area contributed by atoms with Gasteiger partial charge in [0.05, 0.1) is 17.2 Å². The topological polar surface area (TPSA) is 96.0 Å². The Morgan fingerprint density at radius 3 is 2.15 bits per heavy atom. The maximum atomic E-state index is 14.4. The van der Waals surface area contributed by atoms with Gasteiger partial charge in [-0.25, -0.2) is 8.42 Å². The predicted octanol–water partition coefficient (Wildman–Crippen LogP) is 7.57. The molecule has 248 valence electrons. The van der Waals surface area contributed by atoms with Crippen LogP contribution in [0.25, 0.3) is 0 Å². The molecule has 0 saturated heterocycles. The number of anilines is 1. The van der Waals surface area contributed by atoms with E-state index >= 15 is 0 Å². The third kappa shape index (κ3) is 8.91. The molecule has 0 aliphatic heterocycles. The van der Waals surface area contributed by atoms with E-state index in [9.17, 15) is 18.0 Å². The summed E-state index contributed by atoms with van der Waals surface area (Å²) in [6.07, 6.45) is 7.17. The molecule has 4 rings (SSSR count). The largest absolute Gasteiger partial charge is 0.494 e. The summed E-state index contributed by atoms with van der Waals surface area (Å²) < 4.78 is 35.0. The van der Waals surface area contributed by atoms with Crippen LogP contribution < -0.4 is 14.4 Å². The van der Waals surface area contributed by atoms with Gasteiger partial charge < -0.3 is 15.0 Å². The van der Waals surface area contributed by atoms with E-state index in [0.29, 0.717) is 34.4 Å². The Kier molecular flexibility index (Phi) is 13.1. The lowest BCUT2D eigenvalue weighted by Crippen LogP contribution is -2.54. The summed E-state index contributed by atoms with van der Waals surface area (Å²) in [4.78, 5) is 30.5. The maximum Gasteiger partial charge on any atom is 0.264 e. The second-order valence-electron chi connectivity index (χ2n) is 11.1. The fourth-order valence-corrected chi connectivity index (χ4v) is 7.94. The SMILES string of the molecule is CCOc1ccc(N(CC(=O)N(Cc2c(Cl)cccc2Cl)C(CC)C(=O)NC2CCCCC2)S(=O)(=O)c2ccc(SC)cc2)cc1. The van der Waals surface area contributed by atoms with Crippen molar-refractivity contribution in [1.82, 2.24) is 10.2 Å². The summed E-state index contributed by atoms with van der Waals surface area (Å²) in [5.74, 6) is -0.284. The average molecular weight is 707 g/mol. The van der Waals surface area contributed by atoms with Gasteiger partial charge in [0.2, 0.25) is 11.8 Å². The van der Waals surface area contributed by atoms with Crippen molar-refractivity contribution in [3.63, 3.8) is 0 Å². The van der Waals surface area contributed by atoms with Gasteiger partial charge >= 0.3 is 0 Å². The monoisotopic (exact) mass is 705 g/mol. The van der Waals surface area contributed by atoms with Crippen LogP contribution in [0, 0.1) is 0 Å². The molecular weight excluding hydrogens is 665 g/mol. The lowest BCUT2D eigenvalue weighted by atomic mass is 9.95. The highest BCUT2D eigenvalue weighted by molar-refractivity contribution is 7.98. The molecule has 1 aliphatic carbocycles. The summed E-state index contributed by atoms with van der Waals surface area (Å²) in [6, 6.07) is 17.2. The van der Waals surface area contributed by atoms with Crippen molar-refractivity contribution in [1.29, 1.82) is 0 Å². The second kappa shape index (κ2) is 16.8. The number of rotatable bonds is 14. The number of hydrogen-bond acceptors (Lipinski definition) is 6. The van der Waals surface area contributed by atoms with E-state index < -0.39 is 28.5 Å². The van der Waals surface area contributed by atoms with Crippen LogP contribution in [0.1, 0.15) is 57.9 Å². The van der Waals surface area contributed by atoms with Gasteiger partial charge in [0.25, 0.3) is 10.0 Å². The fraction of sp³-hybridized carbons (Fsp3) is 0.412. The Hall–Kier alpha value is -2.92. The summed E-state index contributed by atoms with van der Waals surface area (Å²) in [5.41, 5.74) is 0.757. The Bertz CT molecular complexity index is 1560. The number of amides is 2. The number of sulfonamides is 1. The first-order valence-corrected chi connectivity index (χ1v) is 18.9. The van der Waals surface area contributed by atoms with Crippen LogP contribution in [0.5, 0.6) is 5.75 Å². The predicted molar refractivity (Wildman–Crippen MR) is 186 cm³/mol. The number of halogens is 2. The number of benzene rings is 3. The van der Waals surface area contributed by atoms with Gasteiger partial charge in [-0.1, -0.05) is 55.5 Å². The molecule has 1 N–H and O–H groups in total. The zero-order valence-electron chi connectivity index (χ0n) is 26.4. The summed E-state index contributed by atoms with van der Waals surface area (Å²) in [5, 5.41) is 3.83. The van der Waals surface area contributed by atoms with Crippen molar-refractivity contribution in [2.45, 2.75) is 80.8 Å². The lowest BCUT2D eigenvalue weighted by Gasteiger charge is -2.34. The van der Waals surface area contributed by atoms with E-state index in [2.05, 4.69) is 5.32 Å². The van der Waals surface area contributed by atoms with Crippen molar-refractivity contribution >= 4 is 62.5 Å². The van der Waals surface area contributed by atoms with Crippen molar-refractivity contribution in [2.75, 3.05) is 23.7 Å². The molecule has 0 spiro atoms. The van der Waals surface area contributed by atoms with Gasteiger partial charge in [-0.2, -0.15) is 0 Å². The number of carbonyl (C=O) groups is 2. The molecule has 1 unspecified atom stereocenters. The molecule has 3 aromatic rings. The van der Waals surface area contributed by atoms with Gasteiger partial charge in [0.1, 0.15) is 18.3 Å². The number of thioether (sulfide) groups is 1. The fourth-order valence-electron chi connectivity index (χ4n) is 5.60. The van der Waals surface area contributed by atoms with Crippen LogP contribution in [0.3, 0.4) is 0 Å². The Morgan fingerprint density at radius 2 is 1.59 bits per heavy atom. The minimum atomic E-state index is -4.21. The first-order chi connectivity index (χ1) is 22.1. The van der Waals surface area contributed by atoms with E-state index in [1.54, 1.807) is 54.6 Å². The lowest BCUT2D eigenvalue weighted by molar-refractivity contribution is -0.140. The highest BCUT2D eigenvalue weighted by Crippen LogP contribution is 2.30. The smallest absolute Gasteiger partial charge is 0.264 e. The third-order valence-corrected chi connectivity index (χ3v) is 11.3. The van der Waals surface area contributed by atoms with Crippen LogP contribution in [0.15, 0.2) is 76.5 Å². The molecule has 0 radical (unpaired) electrons. The number of ether oxygens (including phenoxy) is 1. The number of nitrogens with zero attached hydrogens (tertiary/aromatic N) is 2. The maximum absolute atomic E-state index is 14.4. The molecule has 8 nitrogen and oxygen atoms in total. The van der Waals surface area contributed by atoms with Crippen LogP contribution in [0.2, 0.25) is 10.0 Å². The van der Waals surface area contributed by atoms with Crippen molar-refractivity contribution < 1.29 is 22.7 Å². The molecular formula is C34H41Cl2N3O5S2. The number of nitrogens with one attached hydrogen (secondary N) is 1. The van der Waals surface area contributed by atoms with Gasteiger partial charge in [0.15, 0.2) is 0 Å². The minimum Gasteiger partial charge on any atom is -0.494 e. The van der Waals surface area contributed by atoms with Gasteiger partial charge in [0, 0.05) is 33.1 Å².